The molecular weight excluding hydrogens is 309 g/mol. The summed E-state index contributed by atoms with van der Waals surface area (Å²) in [7, 11) is 1.37. The van der Waals surface area contributed by atoms with Crippen LogP contribution in [0.4, 0.5) is 0 Å². The maximum atomic E-state index is 11.9. The summed E-state index contributed by atoms with van der Waals surface area (Å²) in [6, 6.07) is 14.0. The number of hydrogen-bond donors (Lipinski definition) is 1. The lowest BCUT2D eigenvalue weighted by Crippen LogP contribution is -2.29. The molecule has 0 amide bonds. The molecule has 2 aromatic rings. The lowest BCUT2D eigenvalue weighted by Gasteiger charge is -2.17. The number of ether oxygens (including phenoxy) is 1. The van der Waals surface area contributed by atoms with Crippen molar-refractivity contribution in [2.45, 2.75) is 12.6 Å². The van der Waals surface area contributed by atoms with Crippen molar-refractivity contribution in [1.82, 2.24) is 5.32 Å². The van der Waals surface area contributed by atoms with Crippen LogP contribution < -0.4 is 5.32 Å². The molecule has 0 aliphatic carbocycles. The lowest BCUT2D eigenvalue weighted by atomic mass is 10.1. The molecule has 3 nitrogen and oxygen atoms in total. The molecule has 0 spiro atoms. The first-order valence-corrected chi connectivity index (χ1v) is 7.17. The molecule has 0 fully saturated rings. The molecule has 1 atom stereocenters. The topological polar surface area (TPSA) is 38.3 Å². The highest BCUT2D eigenvalue weighted by Gasteiger charge is 2.20. The summed E-state index contributed by atoms with van der Waals surface area (Å²) < 4.78 is 4.85. The van der Waals surface area contributed by atoms with E-state index >= 15 is 0 Å². The van der Waals surface area contributed by atoms with Crippen molar-refractivity contribution >= 4 is 29.2 Å². The van der Waals surface area contributed by atoms with Gasteiger partial charge in [0.2, 0.25) is 0 Å². The van der Waals surface area contributed by atoms with Crippen LogP contribution in [0.1, 0.15) is 17.2 Å². The van der Waals surface area contributed by atoms with Crippen molar-refractivity contribution < 1.29 is 9.53 Å². The van der Waals surface area contributed by atoms with Gasteiger partial charge in [-0.15, -0.1) is 0 Å². The van der Waals surface area contributed by atoms with Gasteiger partial charge in [-0.1, -0.05) is 47.5 Å². The zero-order valence-corrected chi connectivity index (χ0v) is 13.0. The van der Waals surface area contributed by atoms with E-state index in [0.29, 0.717) is 16.6 Å². The van der Waals surface area contributed by atoms with E-state index in [1.54, 1.807) is 24.3 Å². The Morgan fingerprint density at radius 2 is 1.57 bits per heavy atom. The summed E-state index contributed by atoms with van der Waals surface area (Å²) in [5.41, 5.74) is 1.84. The Morgan fingerprint density at radius 1 is 1.05 bits per heavy atom. The summed E-state index contributed by atoms with van der Waals surface area (Å²) in [5.74, 6) is -0.341. The van der Waals surface area contributed by atoms with Crippen LogP contribution in [-0.2, 0) is 16.1 Å². The average molecular weight is 324 g/mol. The maximum absolute atomic E-state index is 11.9. The second-order valence-electron chi connectivity index (χ2n) is 4.52. The van der Waals surface area contributed by atoms with Crippen LogP contribution in [0.3, 0.4) is 0 Å². The monoisotopic (exact) mass is 323 g/mol. The van der Waals surface area contributed by atoms with E-state index in [-0.39, 0.29) is 5.97 Å². The normalized spacial score (nSPS) is 12.0. The predicted octanol–water partition coefficient (Wildman–Crippen LogP) is 4.00. The molecule has 0 saturated carbocycles. The van der Waals surface area contributed by atoms with Crippen molar-refractivity contribution in [3.8, 4) is 0 Å². The third-order valence-corrected chi connectivity index (χ3v) is 3.57. The van der Waals surface area contributed by atoms with Crippen LogP contribution in [0, 0.1) is 0 Å². The van der Waals surface area contributed by atoms with Crippen LogP contribution in [-0.4, -0.2) is 13.1 Å². The van der Waals surface area contributed by atoms with Crippen molar-refractivity contribution in [2.75, 3.05) is 7.11 Å². The minimum Gasteiger partial charge on any atom is -0.468 e. The number of methoxy groups -OCH3 is 1. The van der Waals surface area contributed by atoms with E-state index in [9.17, 15) is 4.79 Å². The number of carbonyl (C=O) groups is 1. The first kappa shape index (κ1) is 15.8. The van der Waals surface area contributed by atoms with E-state index in [4.69, 9.17) is 27.9 Å². The second kappa shape index (κ2) is 7.46. The number of benzene rings is 2. The van der Waals surface area contributed by atoms with Gasteiger partial charge in [-0.3, -0.25) is 5.32 Å². The molecule has 0 saturated heterocycles. The highest BCUT2D eigenvalue weighted by Crippen LogP contribution is 2.19. The Bertz CT molecular complexity index is 597. The van der Waals surface area contributed by atoms with Gasteiger partial charge in [0.1, 0.15) is 6.04 Å². The predicted molar refractivity (Wildman–Crippen MR) is 84.5 cm³/mol. The van der Waals surface area contributed by atoms with Crippen molar-refractivity contribution in [1.29, 1.82) is 0 Å². The van der Waals surface area contributed by atoms with Crippen molar-refractivity contribution in [3.05, 3.63) is 69.7 Å². The van der Waals surface area contributed by atoms with E-state index < -0.39 is 6.04 Å². The summed E-state index contributed by atoms with van der Waals surface area (Å²) in [6.07, 6.45) is 0. The molecule has 2 rings (SSSR count). The van der Waals surface area contributed by atoms with Gasteiger partial charge in [0, 0.05) is 16.6 Å². The highest BCUT2D eigenvalue weighted by molar-refractivity contribution is 6.30. The Morgan fingerprint density at radius 3 is 2.10 bits per heavy atom. The maximum Gasteiger partial charge on any atom is 0.327 e. The smallest absolute Gasteiger partial charge is 0.327 e. The van der Waals surface area contributed by atoms with Gasteiger partial charge in [-0.05, 0) is 35.4 Å². The highest BCUT2D eigenvalue weighted by atomic mass is 35.5. The molecule has 0 aromatic heterocycles. The molecule has 21 heavy (non-hydrogen) atoms. The fourth-order valence-electron chi connectivity index (χ4n) is 1.93. The van der Waals surface area contributed by atoms with Crippen LogP contribution in [0.2, 0.25) is 10.0 Å². The summed E-state index contributed by atoms with van der Waals surface area (Å²) in [6.45, 7) is 0.527. The largest absolute Gasteiger partial charge is 0.468 e. The fraction of sp³-hybridized carbons (Fsp3) is 0.188. The molecule has 1 unspecified atom stereocenters. The van der Waals surface area contributed by atoms with Gasteiger partial charge in [0.15, 0.2) is 0 Å². The van der Waals surface area contributed by atoms with Gasteiger partial charge >= 0.3 is 5.97 Å². The summed E-state index contributed by atoms with van der Waals surface area (Å²) in [5, 5.41) is 4.49. The summed E-state index contributed by atoms with van der Waals surface area (Å²) in [4.78, 5) is 11.9. The number of halogens is 2. The molecule has 1 N–H and O–H groups in total. The average Bonchev–Trinajstić information content (AvgIpc) is 2.50. The zero-order chi connectivity index (χ0) is 15.2. The van der Waals surface area contributed by atoms with Gasteiger partial charge < -0.3 is 4.74 Å². The summed E-state index contributed by atoms with van der Waals surface area (Å²) >= 11 is 11.7. The number of esters is 1. The van der Waals surface area contributed by atoms with Gasteiger partial charge in [0.25, 0.3) is 0 Å². The van der Waals surface area contributed by atoms with Crippen molar-refractivity contribution in [2.24, 2.45) is 0 Å². The van der Waals surface area contributed by atoms with Crippen LogP contribution in [0.25, 0.3) is 0 Å². The molecular formula is C16H15Cl2NO2. The van der Waals surface area contributed by atoms with Crippen LogP contribution in [0.15, 0.2) is 48.5 Å². The molecule has 0 bridgehead atoms. The molecule has 0 aliphatic rings. The number of nitrogens with one attached hydrogen (secondary N) is 1. The quantitative estimate of drug-likeness (QED) is 0.845. The van der Waals surface area contributed by atoms with Gasteiger partial charge in [-0.25, -0.2) is 4.79 Å². The minimum absolute atomic E-state index is 0.341. The van der Waals surface area contributed by atoms with E-state index in [0.717, 1.165) is 11.1 Å². The van der Waals surface area contributed by atoms with Crippen molar-refractivity contribution in [3.63, 3.8) is 0 Å². The molecule has 110 valence electrons. The Hall–Kier alpha value is -1.55. The SMILES string of the molecule is COC(=O)C(NCc1ccc(Cl)cc1)c1ccc(Cl)cc1. The number of carbonyl (C=O) groups excluding carboxylic acids is 1. The standard InChI is InChI=1S/C16H15Cl2NO2/c1-21-16(20)15(12-4-8-14(18)9-5-12)19-10-11-2-6-13(17)7-3-11/h2-9,15,19H,10H2,1H3. The number of rotatable bonds is 5. The molecule has 5 heteroatoms. The van der Waals surface area contributed by atoms with Gasteiger partial charge in [0.05, 0.1) is 7.11 Å². The molecule has 0 heterocycles. The third-order valence-electron chi connectivity index (χ3n) is 3.06. The number of hydrogen-bond acceptors (Lipinski definition) is 3. The third kappa shape index (κ3) is 4.46. The minimum atomic E-state index is -0.539. The molecule has 0 radical (unpaired) electrons. The Kier molecular flexibility index (Phi) is 5.62. The van der Waals surface area contributed by atoms with Crippen LogP contribution in [0.5, 0.6) is 0 Å². The first-order valence-electron chi connectivity index (χ1n) is 6.41. The fourth-order valence-corrected chi connectivity index (χ4v) is 2.18. The second-order valence-corrected chi connectivity index (χ2v) is 5.39. The van der Waals surface area contributed by atoms with E-state index in [1.165, 1.54) is 7.11 Å². The lowest BCUT2D eigenvalue weighted by molar-refractivity contribution is -0.143. The van der Waals surface area contributed by atoms with E-state index in [2.05, 4.69) is 5.32 Å². The molecule has 2 aromatic carbocycles. The Labute approximate surface area is 133 Å². The van der Waals surface area contributed by atoms with Gasteiger partial charge in [-0.2, -0.15) is 0 Å². The zero-order valence-electron chi connectivity index (χ0n) is 11.5. The van der Waals surface area contributed by atoms with Crippen LogP contribution >= 0.6 is 23.2 Å². The Balaban J connectivity index is 2.11. The van der Waals surface area contributed by atoms with E-state index in [1.807, 2.05) is 24.3 Å². The molecule has 0 aliphatic heterocycles. The first-order chi connectivity index (χ1) is 10.1.